The lowest BCUT2D eigenvalue weighted by Crippen LogP contribution is -2.25. The Balaban J connectivity index is 2.51. The number of aromatic nitrogens is 1. The highest BCUT2D eigenvalue weighted by molar-refractivity contribution is 9.10. The van der Waals surface area contributed by atoms with Gasteiger partial charge in [-0.1, -0.05) is 19.1 Å². The van der Waals surface area contributed by atoms with Crippen LogP contribution in [0.15, 0.2) is 34.9 Å². The van der Waals surface area contributed by atoms with Gasteiger partial charge in [-0.3, -0.25) is 4.98 Å². The van der Waals surface area contributed by atoms with Crippen molar-refractivity contribution in [3.63, 3.8) is 0 Å². The van der Waals surface area contributed by atoms with Gasteiger partial charge in [0, 0.05) is 16.2 Å². The lowest BCUT2D eigenvalue weighted by Gasteiger charge is -2.21. The van der Waals surface area contributed by atoms with Crippen LogP contribution in [0.4, 0.5) is 8.78 Å². The van der Waals surface area contributed by atoms with Gasteiger partial charge >= 0.3 is 0 Å². The maximum Gasteiger partial charge on any atom is 0.164 e. The molecule has 1 N–H and O–H groups in total. The molecule has 5 heteroatoms. The smallest absolute Gasteiger partial charge is 0.164 e. The van der Waals surface area contributed by atoms with Crippen molar-refractivity contribution in [2.24, 2.45) is 0 Å². The zero-order chi connectivity index (χ0) is 15.4. The topological polar surface area (TPSA) is 24.9 Å². The molecule has 0 aliphatic carbocycles. The minimum atomic E-state index is -0.818. The fourth-order valence-corrected chi connectivity index (χ4v) is 2.62. The number of hydrogen-bond donors (Lipinski definition) is 1. The maximum atomic E-state index is 14.3. The zero-order valence-corrected chi connectivity index (χ0v) is 13.5. The average molecular weight is 355 g/mol. The molecule has 1 aromatic carbocycles. The van der Waals surface area contributed by atoms with Gasteiger partial charge in [0.05, 0.1) is 11.7 Å². The first kappa shape index (κ1) is 16.0. The van der Waals surface area contributed by atoms with Crippen LogP contribution in [-0.2, 0) is 0 Å². The van der Waals surface area contributed by atoms with E-state index in [2.05, 4.69) is 26.2 Å². The average Bonchev–Trinajstić information content (AvgIpc) is 2.48. The van der Waals surface area contributed by atoms with Crippen molar-refractivity contribution in [3.8, 4) is 0 Å². The van der Waals surface area contributed by atoms with Crippen LogP contribution >= 0.6 is 15.9 Å². The first-order valence-electron chi connectivity index (χ1n) is 6.84. The molecule has 0 radical (unpaired) electrons. The number of nitrogens with zero attached hydrogens (tertiary/aromatic N) is 1. The van der Waals surface area contributed by atoms with Crippen molar-refractivity contribution in [1.29, 1.82) is 0 Å². The molecular formula is C16H17BrF2N2. The highest BCUT2D eigenvalue weighted by atomic mass is 79.9. The van der Waals surface area contributed by atoms with Gasteiger partial charge in [0.15, 0.2) is 11.6 Å². The first-order chi connectivity index (χ1) is 10.1. The van der Waals surface area contributed by atoms with E-state index < -0.39 is 17.7 Å². The van der Waals surface area contributed by atoms with Crippen LogP contribution in [0.25, 0.3) is 0 Å². The van der Waals surface area contributed by atoms with E-state index in [1.54, 1.807) is 31.3 Å². The lowest BCUT2D eigenvalue weighted by molar-refractivity contribution is 0.473. The van der Waals surface area contributed by atoms with Gasteiger partial charge in [-0.05, 0) is 53.5 Å². The van der Waals surface area contributed by atoms with Crippen molar-refractivity contribution in [2.75, 3.05) is 6.54 Å². The molecule has 1 heterocycles. The summed E-state index contributed by atoms with van der Waals surface area (Å²) in [7, 11) is 0. The van der Waals surface area contributed by atoms with Gasteiger partial charge in [0.2, 0.25) is 0 Å². The molecule has 2 nitrogen and oxygen atoms in total. The van der Waals surface area contributed by atoms with Crippen molar-refractivity contribution in [2.45, 2.75) is 26.3 Å². The molecule has 2 rings (SSSR count). The number of pyridine rings is 1. The highest BCUT2D eigenvalue weighted by Gasteiger charge is 2.23. The zero-order valence-electron chi connectivity index (χ0n) is 12.0. The maximum absolute atomic E-state index is 14.3. The molecule has 0 saturated heterocycles. The minimum absolute atomic E-state index is 0.269. The number of benzene rings is 1. The Hall–Kier alpha value is -1.33. The van der Waals surface area contributed by atoms with Gasteiger partial charge in [-0.2, -0.15) is 0 Å². The largest absolute Gasteiger partial charge is 0.305 e. The molecule has 1 unspecified atom stereocenters. The summed E-state index contributed by atoms with van der Waals surface area (Å²) in [4.78, 5) is 4.30. The summed E-state index contributed by atoms with van der Waals surface area (Å²) in [6.07, 6.45) is 2.53. The Kier molecular flexibility index (Phi) is 5.42. The van der Waals surface area contributed by atoms with Crippen molar-refractivity contribution >= 4 is 15.9 Å². The predicted octanol–water partition coefficient (Wildman–Crippen LogP) is 4.52. The van der Waals surface area contributed by atoms with E-state index in [0.717, 1.165) is 10.9 Å². The van der Waals surface area contributed by atoms with Gasteiger partial charge in [0.25, 0.3) is 0 Å². The molecule has 2 aromatic rings. The normalized spacial score (nSPS) is 12.4. The molecule has 1 aromatic heterocycles. The Morgan fingerprint density at radius 3 is 2.67 bits per heavy atom. The minimum Gasteiger partial charge on any atom is -0.305 e. The lowest BCUT2D eigenvalue weighted by atomic mass is 10.00. The van der Waals surface area contributed by atoms with Gasteiger partial charge < -0.3 is 5.32 Å². The van der Waals surface area contributed by atoms with Crippen LogP contribution in [0.3, 0.4) is 0 Å². The molecule has 0 fully saturated rings. The van der Waals surface area contributed by atoms with Gasteiger partial charge in [-0.15, -0.1) is 0 Å². The Labute approximate surface area is 131 Å². The summed E-state index contributed by atoms with van der Waals surface area (Å²) >= 11 is 3.42. The fourth-order valence-electron chi connectivity index (χ4n) is 2.14. The summed E-state index contributed by atoms with van der Waals surface area (Å²) in [5.41, 5.74) is 1.21. The molecule has 0 aliphatic heterocycles. The van der Waals surface area contributed by atoms with Crippen LogP contribution in [0.2, 0.25) is 0 Å². The van der Waals surface area contributed by atoms with Crippen LogP contribution < -0.4 is 5.32 Å². The van der Waals surface area contributed by atoms with E-state index in [1.165, 1.54) is 0 Å². The van der Waals surface area contributed by atoms with Crippen LogP contribution in [0, 0.1) is 18.6 Å². The molecule has 0 aliphatic rings. The fraction of sp³-hybridized carbons (Fsp3) is 0.312. The summed E-state index contributed by atoms with van der Waals surface area (Å²) in [5, 5.41) is 3.23. The van der Waals surface area contributed by atoms with E-state index >= 15 is 0 Å². The van der Waals surface area contributed by atoms with Crippen molar-refractivity contribution < 1.29 is 8.78 Å². The molecule has 1 atom stereocenters. The second-order valence-electron chi connectivity index (χ2n) is 4.86. The van der Waals surface area contributed by atoms with Crippen LogP contribution in [0.5, 0.6) is 0 Å². The van der Waals surface area contributed by atoms with Gasteiger partial charge in [0.1, 0.15) is 0 Å². The first-order valence-corrected chi connectivity index (χ1v) is 7.63. The monoisotopic (exact) mass is 354 g/mol. The number of aryl methyl sites for hydroxylation is 1. The summed E-state index contributed by atoms with van der Waals surface area (Å²) in [6, 6.07) is 6.34. The molecule has 21 heavy (non-hydrogen) atoms. The van der Waals surface area contributed by atoms with E-state index in [4.69, 9.17) is 0 Å². The Morgan fingerprint density at radius 2 is 2.00 bits per heavy atom. The van der Waals surface area contributed by atoms with E-state index in [1.807, 2.05) is 13.0 Å². The number of hydrogen-bond acceptors (Lipinski definition) is 2. The summed E-state index contributed by atoms with van der Waals surface area (Å²) in [6.45, 7) is 4.25. The third-order valence-electron chi connectivity index (χ3n) is 3.28. The molecule has 0 bridgehead atoms. The van der Waals surface area contributed by atoms with E-state index in [-0.39, 0.29) is 5.56 Å². The molecule has 0 saturated carbocycles. The highest BCUT2D eigenvalue weighted by Crippen LogP contribution is 2.30. The predicted molar refractivity (Wildman–Crippen MR) is 83.2 cm³/mol. The van der Waals surface area contributed by atoms with E-state index in [0.29, 0.717) is 17.8 Å². The quantitative estimate of drug-likeness (QED) is 0.853. The third kappa shape index (κ3) is 3.47. The summed E-state index contributed by atoms with van der Waals surface area (Å²) < 4.78 is 28.9. The Bertz CT molecular complexity index is 632. The number of halogens is 3. The Morgan fingerprint density at radius 1 is 1.24 bits per heavy atom. The molecule has 112 valence electrons. The molecule has 0 amide bonds. The third-order valence-corrected chi connectivity index (χ3v) is 3.95. The second kappa shape index (κ2) is 7.09. The number of nitrogens with one attached hydrogen (secondary N) is 1. The van der Waals surface area contributed by atoms with Gasteiger partial charge in [-0.25, -0.2) is 8.78 Å². The second-order valence-corrected chi connectivity index (χ2v) is 5.71. The molecule has 0 spiro atoms. The van der Waals surface area contributed by atoms with Crippen LogP contribution in [-0.4, -0.2) is 11.5 Å². The van der Waals surface area contributed by atoms with E-state index in [9.17, 15) is 8.78 Å². The standard InChI is InChI=1S/C16H17BrF2N2/c1-3-8-20-15(16-12(17)5-4-9-21-16)11-7-6-10(2)13(18)14(11)19/h4-7,9,15,20H,3,8H2,1-2H3. The summed E-state index contributed by atoms with van der Waals surface area (Å²) in [5.74, 6) is -1.62. The SMILES string of the molecule is CCCNC(c1ccc(C)c(F)c1F)c1ncccc1Br. The molecular weight excluding hydrogens is 338 g/mol. The van der Waals surface area contributed by atoms with Crippen molar-refractivity contribution in [3.05, 3.63) is 63.4 Å². The van der Waals surface area contributed by atoms with Crippen LogP contribution in [0.1, 0.15) is 36.2 Å². The van der Waals surface area contributed by atoms with Crippen molar-refractivity contribution in [1.82, 2.24) is 10.3 Å². The number of rotatable bonds is 5.